The molecule has 1 aromatic heterocycles. The molecule has 3 saturated heterocycles. The van der Waals surface area contributed by atoms with E-state index in [0.717, 1.165) is 38.8 Å². The first kappa shape index (κ1) is 22.5. The van der Waals surface area contributed by atoms with Crippen LogP contribution in [0.5, 0.6) is 6.01 Å². The van der Waals surface area contributed by atoms with Gasteiger partial charge in [0.15, 0.2) is 12.0 Å². The number of nitrogens with one attached hydrogen (secondary N) is 1. The second-order valence-electron chi connectivity index (χ2n) is 9.77. The van der Waals surface area contributed by atoms with Gasteiger partial charge < -0.3 is 15.0 Å². The lowest BCUT2D eigenvalue weighted by molar-refractivity contribution is 0.107. The Hall–Kier alpha value is -2.25. The third-order valence-corrected chi connectivity index (χ3v) is 7.92. The van der Waals surface area contributed by atoms with Crippen molar-refractivity contribution in [3.05, 3.63) is 22.4 Å². The van der Waals surface area contributed by atoms with Crippen LogP contribution >= 0.6 is 15.9 Å². The zero-order chi connectivity index (χ0) is 23.2. The number of fused-ring (bicyclic) bond motifs is 2. The van der Waals surface area contributed by atoms with Gasteiger partial charge in [0.25, 0.3) is 0 Å². The number of aromatic nitrogens is 2. The number of nitrogens with zero attached hydrogens (tertiary/aromatic N) is 5. The summed E-state index contributed by atoms with van der Waals surface area (Å²) >= 11 is 3.25. The fourth-order valence-electron chi connectivity index (χ4n) is 5.71. The maximum atomic E-state index is 15.1. The number of hydrogen-bond donors (Lipinski definition) is 1. The lowest BCUT2D eigenvalue weighted by Crippen LogP contribution is -2.53. The fourth-order valence-corrected chi connectivity index (χ4v) is 6.03. The van der Waals surface area contributed by atoms with Crippen LogP contribution in [0.3, 0.4) is 0 Å². The average molecular weight is 521 g/mol. The first-order chi connectivity index (χ1) is 15.8. The van der Waals surface area contributed by atoms with Crippen molar-refractivity contribution >= 4 is 32.7 Å². The molecule has 0 saturated carbocycles. The molecule has 3 aliphatic heterocycles. The van der Waals surface area contributed by atoms with E-state index < -0.39 is 17.5 Å². The maximum absolute atomic E-state index is 15.1. The van der Waals surface area contributed by atoms with E-state index in [9.17, 15) is 9.65 Å². The van der Waals surface area contributed by atoms with Crippen LogP contribution in [0.25, 0.3) is 10.9 Å². The smallest absolute Gasteiger partial charge is 0.319 e. The van der Waals surface area contributed by atoms with Crippen molar-refractivity contribution in [2.75, 3.05) is 37.7 Å². The van der Waals surface area contributed by atoms with Crippen LogP contribution in [0.4, 0.5) is 14.6 Å². The predicted molar refractivity (Wildman–Crippen MR) is 124 cm³/mol. The molecule has 3 atom stereocenters. The topological polar surface area (TPSA) is 77.3 Å². The van der Waals surface area contributed by atoms with Crippen molar-refractivity contribution in [2.24, 2.45) is 0 Å². The Labute approximate surface area is 200 Å². The molecule has 3 fully saturated rings. The minimum absolute atomic E-state index is 0.0959. The summed E-state index contributed by atoms with van der Waals surface area (Å²) in [6.45, 7) is 4.86. The van der Waals surface area contributed by atoms with Gasteiger partial charge in [0, 0.05) is 31.4 Å². The van der Waals surface area contributed by atoms with Crippen LogP contribution in [0.2, 0.25) is 0 Å². The minimum Gasteiger partial charge on any atom is -0.461 e. The van der Waals surface area contributed by atoms with E-state index in [4.69, 9.17) is 9.72 Å². The third kappa shape index (κ3) is 4.10. The van der Waals surface area contributed by atoms with Crippen molar-refractivity contribution in [2.45, 2.75) is 56.3 Å². The summed E-state index contributed by atoms with van der Waals surface area (Å²) in [4.78, 5) is 13.3. The molecule has 1 unspecified atom stereocenters. The largest absolute Gasteiger partial charge is 0.461 e. The van der Waals surface area contributed by atoms with Crippen molar-refractivity contribution < 1.29 is 13.5 Å². The highest BCUT2D eigenvalue weighted by molar-refractivity contribution is 9.10. The lowest BCUT2D eigenvalue weighted by Gasteiger charge is -2.40. The Balaban J connectivity index is 1.50. The highest BCUT2D eigenvalue weighted by atomic mass is 79.9. The molecule has 2 aromatic rings. The van der Waals surface area contributed by atoms with Gasteiger partial charge in [-0.25, -0.2) is 8.78 Å². The maximum Gasteiger partial charge on any atom is 0.319 e. The summed E-state index contributed by atoms with van der Waals surface area (Å²) in [6, 6.07) is 3.54. The van der Waals surface area contributed by atoms with E-state index in [1.807, 2.05) is 6.92 Å². The monoisotopic (exact) mass is 520 g/mol. The fraction of sp³-hybridized carbons (Fsp3) is 0.609. The number of hydrogen-bond acceptors (Lipinski definition) is 7. The highest BCUT2D eigenvalue weighted by Gasteiger charge is 2.49. The Bertz CT molecular complexity index is 1110. The molecule has 0 bridgehead atoms. The van der Waals surface area contributed by atoms with Crippen LogP contribution < -0.4 is 15.0 Å². The first-order valence-corrected chi connectivity index (χ1v) is 12.2. The van der Waals surface area contributed by atoms with Crippen molar-refractivity contribution in [1.29, 1.82) is 5.26 Å². The van der Waals surface area contributed by atoms with Crippen molar-refractivity contribution in [3.8, 4) is 12.2 Å². The van der Waals surface area contributed by atoms with Crippen LogP contribution in [0.1, 0.15) is 39.0 Å². The van der Waals surface area contributed by atoms with E-state index in [0.29, 0.717) is 35.2 Å². The zero-order valence-corrected chi connectivity index (χ0v) is 20.2. The molecular weight excluding hydrogens is 494 g/mol. The molecule has 4 heterocycles. The zero-order valence-electron chi connectivity index (χ0n) is 18.6. The molecule has 0 radical (unpaired) electrons. The van der Waals surface area contributed by atoms with Gasteiger partial charge in [-0.2, -0.15) is 15.2 Å². The summed E-state index contributed by atoms with van der Waals surface area (Å²) in [5, 5.41) is 12.7. The molecule has 0 amide bonds. The number of ether oxygens (including phenoxy) is 1. The van der Waals surface area contributed by atoms with E-state index in [-0.39, 0.29) is 23.7 Å². The third-order valence-electron chi connectivity index (χ3n) is 7.30. The molecule has 176 valence electrons. The molecule has 1 aromatic carbocycles. The number of anilines is 1. The number of piperidine rings is 1. The van der Waals surface area contributed by atoms with Gasteiger partial charge in [-0.3, -0.25) is 4.90 Å². The van der Waals surface area contributed by atoms with E-state index in [1.165, 1.54) is 0 Å². The molecule has 5 rings (SSSR count). The quantitative estimate of drug-likeness (QED) is 0.472. The normalized spacial score (nSPS) is 29.8. The molecule has 33 heavy (non-hydrogen) atoms. The minimum atomic E-state index is -0.853. The first-order valence-electron chi connectivity index (χ1n) is 11.4. The van der Waals surface area contributed by atoms with E-state index >= 15 is 4.39 Å². The SMILES string of the molecule is CC1(NC#N)CCCN(c2nc(OC[C@@]34CCCN3C[C@H](F)C4)nc3c(F)c(Br)ccc23)C1. The van der Waals surface area contributed by atoms with Crippen LogP contribution in [0, 0.1) is 17.3 Å². The number of nitriles is 1. The highest BCUT2D eigenvalue weighted by Crippen LogP contribution is 2.41. The van der Waals surface area contributed by atoms with Crippen LogP contribution in [0.15, 0.2) is 16.6 Å². The predicted octanol–water partition coefficient (Wildman–Crippen LogP) is 3.92. The van der Waals surface area contributed by atoms with Gasteiger partial charge in [0.2, 0.25) is 0 Å². The van der Waals surface area contributed by atoms with Crippen molar-refractivity contribution in [1.82, 2.24) is 20.2 Å². The molecule has 0 aliphatic carbocycles. The molecule has 10 heteroatoms. The van der Waals surface area contributed by atoms with Gasteiger partial charge in [0.05, 0.1) is 15.6 Å². The Morgan fingerprint density at radius 3 is 2.94 bits per heavy atom. The lowest BCUT2D eigenvalue weighted by atomic mass is 9.91. The van der Waals surface area contributed by atoms with Gasteiger partial charge in [-0.05, 0) is 67.2 Å². The Morgan fingerprint density at radius 1 is 1.30 bits per heavy atom. The molecule has 3 aliphatic rings. The Kier molecular flexibility index (Phi) is 5.81. The number of alkyl halides is 1. The van der Waals surface area contributed by atoms with Gasteiger partial charge in [0.1, 0.15) is 24.1 Å². The van der Waals surface area contributed by atoms with Gasteiger partial charge >= 0.3 is 6.01 Å². The van der Waals surface area contributed by atoms with E-state index in [2.05, 4.69) is 42.2 Å². The number of benzene rings is 1. The van der Waals surface area contributed by atoms with Gasteiger partial charge in [-0.15, -0.1) is 0 Å². The number of rotatable bonds is 5. The van der Waals surface area contributed by atoms with E-state index in [1.54, 1.807) is 12.1 Å². The molecule has 1 N–H and O–H groups in total. The second kappa shape index (κ2) is 8.51. The van der Waals surface area contributed by atoms with Gasteiger partial charge in [-0.1, -0.05) is 0 Å². The van der Waals surface area contributed by atoms with Crippen LogP contribution in [-0.4, -0.2) is 64.9 Å². The second-order valence-corrected chi connectivity index (χ2v) is 10.6. The summed E-state index contributed by atoms with van der Waals surface area (Å²) in [7, 11) is 0. The number of halogens is 3. The van der Waals surface area contributed by atoms with Crippen LogP contribution in [-0.2, 0) is 0 Å². The Morgan fingerprint density at radius 2 is 2.12 bits per heavy atom. The van der Waals surface area contributed by atoms with Crippen molar-refractivity contribution in [3.63, 3.8) is 0 Å². The summed E-state index contributed by atoms with van der Waals surface area (Å²) in [5.41, 5.74) is -0.558. The standard InChI is InChI=1S/C23H27BrF2N6O/c1-22(28-14-27)6-2-8-31(12-22)20-16-4-5-17(24)18(26)19(16)29-21(30-20)33-13-23-7-3-9-32(23)11-15(25)10-23/h4-5,15,28H,2-3,6-13H2,1H3/t15-,22?,23+/m1/s1. The molecule has 7 nitrogen and oxygen atoms in total. The average Bonchev–Trinajstić information content (AvgIpc) is 3.30. The summed E-state index contributed by atoms with van der Waals surface area (Å²) < 4.78 is 35.6. The molecular formula is C23H27BrF2N6O. The summed E-state index contributed by atoms with van der Waals surface area (Å²) in [6.07, 6.45) is 5.25. The molecule has 0 spiro atoms. The summed E-state index contributed by atoms with van der Waals surface area (Å²) in [5.74, 6) is 0.115.